The maximum absolute atomic E-state index is 11.4. The van der Waals surface area contributed by atoms with Gasteiger partial charge >= 0.3 is 5.97 Å². The van der Waals surface area contributed by atoms with E-state index >= 15 is 0 Å². The summed E-state index contributed by atoms with van der Waals surface area (Å²) < 4.78 is 5.30. The van der Waals surface area contributed by atoms with Gasteiger partial charge in [0.2, 0.25) is 0 Å². The number of likely N-dealkylation sites (N-methyl/N-ethyl adjacent to an activating group) is 1. The molecule has 0 aromatic heterocycles. The summed E-state index contributed by atoms with van der Waals surface area (Å²) in [5.74, 6) is -0.739. The summed E-state index contributed by atoms with van der Waals surface area (Å²) in [6.45, 7) is 7.07. The van der Waals surface area contributed by atoms with Crippen LogP contribution >= 0.6 is 0 Å². The summed E-state index contributed by atoms with van der Waals surface area (Å²) >= 11 is 0. The number of carbonyl (C=O) groups is 1. The second-order valence-corrected chi connectivity index (χ2v) is 5.66. The zero-order chi connectivity index (χ0) is 14.3. The Morgan fingerprint density at radius 2 is 2.16 bits per heavy atom. The zero-order valence-electron chi connectivity index (χ0n) is 12.4. The highest BCUT2D eigenvalue weighted by Crippen LogP contribution is 2.25. The SMILES string of the molecule is CCOCCN(C)CCCC(C)(NC1CC1)C(=O)O. The van der Waals surface area contributed by atoms with E-state index in [9.17, 15) is 9.90 Å². The van der Waals surface area contributed by atoms with Crippen LogP contribution in [0.4, 0.5) is 0 Å². The van der Waals surface area contributed by atoms with Gasteiger partial charge in [-0.1, -0.05) is 0 Å². The standard InChI is InChI=1S/C14H28N2O3/c1-4-19-11-10-16(3)9-5-8-14(2,13(17)18)15-12-6-7-12/h12,15H,4-11H2,1-3H3,(H,17,18). The monoisotopic (exact) mass is 272 g/mol. The lowest BCUT2D eigenvalue weighted by molar-refractivity contribution is -0.144. The fraction of sp³-hybridized carbons (Fsp3) is 0.929. The third-order valence-corrected chi connectivity index (χ3v) is 3.61. The van der Waals surface area contributed by atoms with Crippen molar-refractivity contribution in [3.63, 3.8) is 0 Å². The largest absolute Gasteiger partial charge is 0.480 e. The molecule has 1 saturated carbocycles. The van der Waals surface area contributed by atoms with E-state index in [4.69, 9.17) is 4.74 Å². The first-order valence-corrected chi connectivity index (χ1v) is 7.25. The van der Waals surface area contributed by atoms with E-state index < -0.39 is 11.5 Å². The first kappa shape index (κ1) is 16.4. The van der Waals surface area contributed by atoms with Crippen molar-refractivity contribution in [2.24, 2.45) is 0 Å². The van der Waals surface area contributed by atoms with E-state index in [1.807, 2.05) is 14.0 Å². The van der Waals surface area contributed by atoms with Crippen LogP contribution in [-0.2, 0) is 9.53 Å². The molecule has 1 rings (SSSR count). The third kappa shape index (κ3) is 6.36. The fourth-order valence-electron chi connectivity index (χ4n) is 2.10. The average molecular weight is 272 g/mol. The number of hydrogen-bond donors (Lipinski definition) is 2. The van der Waals surface area contributed by atoms with Gasteiger partial charge in [0.05, 0.1) is 6.61 Å². The Labute approximate surface area is 116 Å². The minimum Gasteiger partial charge on any atom is -0.480 e. The van der Waals surface area contributed by atoms with Crippen molar-refractivity contribution in [1.82, 2.24) is 10.2 Å². The summed E-state index contributed by atoms with van der Waals surface area (Å²) in [6, 6.07) is 0.414. The lowest BCUT2D eigenvalue weighted by atomic mass is 9.95. The highest BCUT2D eigenvalue weighted by atomic mass is 16.5. The second kappa shape index (κ2) is 7.82. The van der Waals surface area contributed by atoms with E-state index in [0.29, 0.717) is 12.5 Å². The van der Waals surface area contributed by atoms with E-state index in [-0.39, 0.29) is 0 Å². The Kier molecular flexibility index (Phi) is 6.75. The Hall–Kier alpha value is -0.650. The normalized spacial score (nSPS) is 18.5. The van der Waals surface area contributed by atoms with E-state index in [1.54, 1.807) is 6.92 Å². The minimum atomic E-state index is -0.776. The molecule has 0 bridgehead atoms. The van der Waals surface area contributed by atoms with E-state index in [1.165, 1.54) is 0 Å². The molecule has 0 heterocycles. The number of carboxylic acids is 1. The Balaban J connectivity index is 2.22. The Morgan fingerprint density at radius 1 is 1.47 bits per heavy atom. The van der Waals surface area contributed by atoms with Crippen molar-refractivity contribution in [3.8, 4) is 0 Å². The van der Waals surface area contributed by atoms with Gasteiger partial charge in [-0.3, -0.25) is 10.1 Å². The Morgan fingerprint density at radius 3 is 2.68 bits per heavy atom. The highest BCUT2D eigenvalue weighted by molar-refractivity contribution is 5.78. The number of hydrogen-bond acceptors (Lipinski definition) is 4. The van der Waals surface area contributed by atoms with Crippen LogP contribution < -0.4 is 5.32 Å². The molecule has 1 unspecified atom stereocenters. The molecule has 19 heavy (non-hydrogen) atoms. The van der Waals surface area contributed by atoms with Crippen LogP contribution in [0.15, 0.2) is 0 Å². The van der Waals surface area contributed by atoms with Crippen LogP contribution in [0.1, 0.15) is 39.5 Å². The van der Waals surface area contributed by atoms with Crippen molar-refractivity contribution in [2.45, 2.75) is 51.1 Å². The number of rotatable bonds is 11. The minimum absolute atomic E-state index is 0.414. The number of ether oxygens (including phenoxy) is 1. The predicted octanol–water partition coefficient (Wildman–Crippen LogP) is 1.33. The van der Waals surface area contributed by atoms with Gasteiger partial charge in [0, 0.05) is 19.2 Å². The van der Waals surface area contributed by atoms with Gasteiger partial charge in [0.25, 0.3) is 0 Å². The van der Waals surface area contributed by atoms with Crippen LogP contribution in [0.5, 0.6) is 0 Å². The zero-order valence-corrected chi connectivity index (χ0v) is 12.4. The molecule has 0 amide bonds. The molecule has 0 aromatic rings. The number of nitrogens with one attached hydrogen (secondary N) is 1. The van der Waals surface area contributed by atoms with Crippen LogP contribution in [0.3, 0.4) is 0 Å². The Bertz CT molecular complexity index is 282. The second-order valence-electron chi connectivity index (χ2n) is 5.66. The fourth-order valence-corrected chi connectivity index (χ4v) is 2.10. The van der Waals surface area contributed by atoms with Crippen molar-refractivity contribution in [1.29, 1.82) is 0 Å². The molecule has 1 fully saturated rings. The number of aliphatic carboxylic acids is 1. The third-order valence-electron chi connectivity index (χ3n) is 3.61. The molecular weight excluding hydrogens is 244 g/mol. The molecule has 5 nitrogen and oxygen atoms in total. The van der Waals surface area contributed by atoms with Crippen molar-refractivity contribution in [3.05, 3.63) is 0 Å². The summed E-state index contributed by atoms with van der Waals surface area (Å²) in [5.41, 5.74) is -0.776. The van der Waals surface area contributed by atoms with Crippen LogP contribution in [0.2, 0.25) is 0 Å². The molecule has 0 radical (unpaired) electrons. The summed E-state index contributed by atoms with van der Waals surface area (Å²) in [5, 5.41) is 12.6. The van der Waals surface area contributed by atoms with Gasteiger partial charge in [-0.2, -0.15) is 0 Å². The smallest absolute Gasteiger partial charge is 0.323 e. The molecule has 0 spiro atoms. The molecule has 112 valence electrons. The molecule has 2 N–H and O–H groups in total. The molecule has 5 heteroatoms. The maximum atomic E-state index is 11.4. The quantitative estimate of drug-likeness (QED) is 0.556. The molecular formula is C14H28N2O3. The number of nitrogens with zero attached hydrogens (tertiary/aromatic N) is 1. The molecule has 0 aromatic carbocycles. The topological polar surface area (TPSA) is 61.8 Å². The molecule has 0 saturated heterocycles. The van der Waals surface area contributed by atoms with Crippen molar-refractivity contribution < 1.29 is 14.6 Å². The van der Waals surface area contributed by atoms with Crippen LogP contribution in [0.25, 0.3) is 0 Å². The lowest BCUT2D eigenvalue weighted by Crippen LogP contribution is -2.50. The first-order chi connectivity index (χ1) is 8.98. The summed E-state index contributed by atoms with van der Waals surface area (Å²) in [7, 11) is 2.05. The van der Waals surface area contributed by atoms with Gasteiger partial charge in [-0.15, -0.1) is 0 Å². The van der Waals surface area contributed by atoms with Crippen molar-refractivity contribution in [2.75, 3.05) is 33.4 Å². The van der Waals surface area contributed by atoms with Gasteiger partial charge in [-0.25, -0.2) is 0 Å². The van der Waals surface area contributed by atoms with Gasteiger partial charge < -0.3 is 14.7 Å². The average Bonchev–Trinajstić information content (AvgIpc) is 3.13. The molecule has 1 aliphatic carbocycles. The van der Waals surface area contributed by atoms with Gasteiger partial charge in [0.1, 0.15) is 5.54 Å². The van der Waals surface area contributed by atoms with E-state index in [2.05, 4.69) is 10.2 Å². The summed E-state index contributed by atoms with van der Waals surface area (Å²) in [4.78, 5) is 13.6. The van der Waals surface area contributed by atoms with Crippen LogP contribution in [0, 0.1) is 0 Å². The lowest BCUT2D eigenvalue weighted by Gasteiger charge is -2.27. The molecule has 1 aliphatic rings. The molecule has 1 atom stereocenters. The summed E-state index contributed by atoms with van der Waals surface area (Å²) in [6.07, 6.45) is 3.76. The molecule has 0 aliphatic heterocycles. The predicted molar refractivity (Wildman–Crippen MR) is 75.4 cm³/mol. The first-order valence-electron chi connectivity index (χ1n) is 7.25. The van der Waals surface area contributed by atoms with E-state index in [0.717, 1.165) is 45.6 Å². The highest BCUT2D eigenvalue weighted by Gasteiger charge is 2.37. The maximum Gasteiger partial charge on any atom is 0.323 e. The van der Waals surface area contributed by atoms with Gasteiger partial charge in [-0.05, 0) is 53.1 Å². The van der Waals surface area contributed by atoms with Gasteiger partial charge in [0.15, 0.2) is 0 Å². The van der Waals surface area contributed by atoms with Crippen molar-refractivity contribution >= 4 is 5.97 Å². The van der Waals surface area contributed by atoms with Crippen LogP contribution in [-0.4, -0.2) is 60.9 Å². The number of carboxylic acid groups (broad SMARTS) is 1.